The Bertz CT molecular complexity index is 1210. The van der Waals surface area contributed by atoms with Gasteiger partial charge in [-0.15, -0.1) is 0 Å². The number of carbonyl (C=O) groups is 1. The molecule has 1 atom stereocenters. The monoisotopic (exact) mass is 427 g/mol. The van der Waals surface area contributed by atoms with Gasteiger partial charge in [-0.2, -0.15) is 5.10 Å². The number of hydrogen-bond donors (Lipinski definition) is 1. The Morgan fingerprint density at radius 3 is 2.53 bits per heavy atom. The molecule has 7 nitrogen and oxygen atoms in total. The van der Waals surface area contributed by atoms with Crippen LogP contribution in [0.1, 0.15) is 39.6 Å². The topological polar surface area (TPSA) is 76.0 Å². The predicted octanol–water partition coefficient (Wildman–Crippen LogP) is 4.23. The fraction of sp³-hybridized carbons (Fsp3) is 0.240. The second-order valence-corrected chi connectivity index (χ2v) is 8.06. The molecule has 2 aromatic carbocycles. The van der Waals surface area contributed by atoms with Gasteiger partial charge in [-0.1, -0.05) is 42.0 Å². The summed E-state index contributed by atoms with van der Waals surface area (Å²) in [5.41, 5.74) is 5.56. The zero-order valence-corrected chi connectivity index (χ0v) is 18.2. The minimum absolute atomic E-state index is 0.0164. The van der Waals surface area contributed by atoms with Crippen molar-refractivity contribution >= 4 is 5.91 Å². The van der Waals surface area contributed by atoms with Crippen molar-refractivity contribution in [3.63, 3.8) is 0 Å². The van der Waals surface area contributed by atoms with Crippen LogP contribution in [0.15, 0.2) is 67.3 Å². The first-order valence-corrected chi connectivity index (χ1v) is 10.7. The summed E-state index contributed by atoms with van der Waals surface area (Å²) in [5, 5.41) is 7.57. The third kappa shape index (κ3) is 3.56. The van der Waals surface area contributed by atoms with Crippen LogP contribution in [-0.2, 0) is 6.54 Å². The molecule has 0 saturated heterocycles. The number of carbonyl (C=O) groups excluding carboxylic acids is 1. The molecule has 7 heteroatoms. The van der Waals surface area contributed by atoms with Crippen molar-refractivity contribution in [2.24, 2.45) is 0 Å². The number of fused-ring (bicyclic) bond motifs is 1. The molecule has 2 aromatic heterocycles. The van der Waals surface area contributed by atoms with Gasteiger partial charge in [0, 0.05) is 36.6 Å². The molecular formula is C25H25N5O2. The molecule has 1 N–H and O–H groups in total. The highest BCUT2D eigenvalue weighted by molar-refractivity contribution is 6.00. The summed E-state index contributed by atoms with van der Waals surface area (Å²) in [5.74, 6) is 0.771. The first-order valence-electron chi connectivity index (χ1n) is 10.7. The Labute approximate surface area is 186 Å². The van der Waals surface area contributed by atoms with E-state index in [2.05, 4.69) is 46.4 Å². The average molecular weight is 428 g/mol. The lowest BCUT2D eigenvalue weighted by molar-refractivity contribution is 0.0739. The molecule has 0 saturated carbocycles. The van der Waals surface area contributed by atoms with Crippen molar-refractivity contribution in [2.75, 3.05) is 13.7 Å². The fourth-order valence-electron chi connectivity index (χ4n) is 4.33. The maximum Gasteiger partial charge on any atom is 0.273 e. The molecule has 0 bridgehead atoms. The van der Waals surface area contributed by atoms with E-state index < -0.39 is 0 Å². The maximum absolute atomic E-state index is 13.4. The molecule has 0 aliphatic carbocycles. The number of benzene rings is 2. The number of H-pyrrole nitrogens is 1. The van der Waals surface area contributed by atoms with Crippen molar-refractivity contribution in [1.29, 1.82) is 0 Å². The highest BCUT2D eigenvalue weighted by Crippen LogP contribution is 2.43. The number of methoxy groups -OCH3 is 1. The normalized spacial score (nSPS) is 15.2. The molecule has 162 valence electrons. The van der Waals surface area contributed by atoms with Gasteiger partial charge < -0.3 is 14.2 Å². The van der Waals surface area contributed by atoms with Gasteiger partial charge in [-0.05, 0) is 31.0 Å². The lowest BCUT2D eigenvalue weighted by atomic mass is 9.95. The van der Waals surface area contributed by atoms with Crippen LogP contribution in [0.25, 0.3) is 11.3 Å². The molecule has 5 rings (SSSR count). The lowest BCUT2D eigenvalue weighted by Gasteiger charge is -2.26. The van der Waals surface area contributed by atoms with Crippen LogP contribution in [0.3, 0.4) is 0 Å². The van der Waals surface area contributed by atoms with E-state index in [4.69, 9.17) is 4.74 Å². The summed E-state index contributed by atoms with van der Waals surface area (Å²) >= 11 is 0. The summed E-state index contributed by atoms with van der Waals surface area (Å²) in [7, 11) is 1.65. The first kappa shape index (κ1) is 20.1. The number of aryl methyl sites for hydroxylation is 2. The van der Waals surface area contributed by atoms with Crippen LogP contribution in [0, 0.1) is 6.92 Å². The minimum atomic E-state index is -0.207. The van der Waals surface area contributed by atoms with Gasteiger partial charge in [0.05, 0.1) is 25.2 Å². The predicted molar refractivity (Wildman–Crippen MR) is 121 cm³/mol. The SMILES string of the molecule is COc1ccc(C2c3c(-c4ccc(C)cc4)n[nH]c3C(=O)N2CCCn2ccnc2)cc1. The van der Waals surface area contributed by atoms with E-state index >= 15 is 0 Å². The standard InChI is InChI=1S/C25H25N5O2/c1-17-4-6-18(7-5-17)22-21-23(28-27-22)25(31)30(14-3-13-29-15-12-26-16-29)24(21)19-8-10-20(32-2)11-9-19/h4-12,15-16,24H,3,13-14H2,1-2H3,(H,27,28). The van der Waals surface area contributed by atoms with E-state index in [-0.39, 0.29) is 11.9 Å². The van der Waals surface area contributed by atoms with Gasteiger partial charge >= 0.3 is 0 Å². The van der Waals surface area contributed by atoms with Gasteiger partial charge in [0.1, 0.15) is 11.4 Å². The number of aromatic amines is 1. The molecule has 32 heavy (non-hydrogen) atoms. The minimum Gasteiger partial charge on any atom is -0.497 e. The smallest absolute Gasteiger partial charge is 0.273 e. The Morgan fingerprint density at radius 2 is 1.84 bits per heavy atom. The fourth-order valence-corrected chi connectivity index (χ4v) is 4.33. The number of nitrogens with zero attached hydrogens (tertiary/aromatic N) is 4. The molecule has 4 aromatic rings. The van der Waals surface area contributed by atoms with Crippen LogP contribution in [-0.4, -0.2) is 44.2 Å². The lowest BCUT2D eigenvalue weighted by Crippen LogP contribution is -2.31. The first-order chi connectivity index (χ1) is 15.7. The third-order valence-corrected chi connectivity index (χ3v) is 5.99. The van der Waals surface area contributed by atoms with Crippen LogP contribution in [0.2, 0.25) is 0 Å². The number of nitrogens with one attached hydrogen (secondary N) is 1. The van der Waals surface area contributed by atoms with Crippen molar-refractivity contribution in [3.05, 3.63) is 89.6 Å². The second-order valence-electron chi connectivity index (χ2n) is 8.06. The molecule has 1 amide bonds. The number of hydrogen-bond acceptors (Lipinski definition) is 4. The van der Waals surface area contributed by atoms with Gasteiger partial charge in [-0.25, -0.2) is 4.98 Å². The number of imidazole rings is 1. The Balaban J connectivity index is 1.52. The molecule has 0 radical (unpaired) electrons. The van der Waals surface area contributed by atoms with Gasteiger partial charge in [-0.3, -0.25) is 9.89 Å². The number of amides is 1. The van der Waals surface area contributed by atoms with Crippen molar-refractivity contribution < 1.29 is 9.53 Å². The van der Waals surface area contributed by atoms with Crippen LogP contribution in [0.4, 0.5) is 0 Å². The largest absolute Gasteiger partial charge is 0.497 e. The van der Waals surface area contributed by atoms with Gasteiger partial charge in [0.15, 0.2) is 0 Å². The molecule has 3 heterocycles. The third-order valence-electron chi connectivity index (χ3n) is 5.99. The van der Waals surface area contributed by atoms with E-state index in [1.807, 2.05) is 39.9 Å². The Kier molecular flexibility index (Phi) is 5.23. The van der Waals surface area contributed by atoms with Crippen molar-refractivity contribution in [3.8, 4) is 17.0 Å². The summed E-state index contributed by atoms with van der Waals surface area (Å²) in [6.07, 6.45) is 6.33. The van der Waals surface area contributed by atoms with Crippen LogP contribution in [0.5, 0.6) is 5.75 Å². The van der Waals surface area contributed by atoms with E-state index in [9.17, 15) is 4.79 Å². The van der Waals surface area contributed by atoms with Crippen molar-refractivity contribution in [2.45, 2.75) is 25.9 Å². The quantitative estimate of drug-likeness (QED) is 0.479. The van der Waals surface area contributed by atoms with Crippen LogP contribution >= 0.6 is 0 Å². The zero-order chi connectivity index (χ0) is 22.1. The van der Waals surface area contributed by atoms with E-state index in [0.717, 1.165) is 41.1 Å². The Hall–Kier alpha value is -3.87. The van der Waals surface area contributed by atoms with E-state index in [1.165, 1.54) is 5.56 Å². The summed E-state index contributed by atoms with van der Waals surface area (Å²) in [4.78, 5) is 19.4. The zero-order valence-electron chi connectivity index (χ0n) is 18.2. The summed E-state index contributed by atoms with van der Waals surface area (Å²) in [6, 6.07) is 16.0. The van der Waals surface area contributed by atoms with E-state index in [1.54, 1.807) is 19.6 Å². The summed E-state index contributed by atoms with van der Waals surface area (Å²) < 4.78 is 7.37. The molecule has 1 aliphatic heterocycles. The maximum atomic E-state index is 13.4. The molecular weight excluding hydrogens is 402 g/mol. The highest BCUT2D eigenvalue weighted by Gasteiger charge is 2.41. The average Bonchev–Trinajstić information content (AvgIpc) is 3.54. The number of aromatic nitrogens is 4. The molecule has 0 fully saturated rings. The number of rotatable bonds is 7. The molecule has 0 spiro atoms. The second kappa shape index (κ2) is 8.34. The van der Waals surface area contributed by atoms with Gasteiger partial charge in [0.25, 0.3) is 5.91 Å². The van der Waals surface area contributed by atoms with Crippen molar-refractivity contribution in [1.82, 2.24) is 24.6 Å². The Morgan fingerprint density at radius 1 is 1.06 bits per heavy atom. The van der Waals surface area contributed by atoms with Gasteiger partial charge in [0.2, 0.25) is 0 Å². The van der Waals surface area contributed by atoms with Crippen LogP contribution < -0.4 is 4.74 Å². The molecule has 1 unspecified atom stereocenters. The number of ether oxygens (including phenoxy) is 1. The van der Waals surface area contributed by atoms with E-state index in [0.29, 0.717) is 12.2 Å². The molecule has 1 aliphatic rings. The summed E-state index contributed by atoms with van der Waals surface area (Å²) in [6.45, 7) is 3.49. The highest BCUT2D eigenvalue weighted by atomic mass is 16.5.